The lowest BCUT2D eigenvalue weighted by atomic mass is 9.98. The normalized spacial score (nSPS) is 36.2. The van der Waals surface area contributed by atoms with Crippen LogP contribution in [0.1, 0.15) is 72.1 Å². The second-order valence-electron chi connectivity index (χ2n) is 6.77. The number of nitrogens with one attached hydrogen (secondary N) is 1. The van der Waals surface area contributed by atoms with Gasteiger partial charge in [-0.3, -0.25) is 4.90 Å². The lowest BCUT2D eigenvalue weighted by Crippen LogP contribution is -2.38. The number of hydrogen-bond donors (Lipinski definition) is 1. The van der Waals surface area contributed by atoms with Crippen molar-refractivity contribution in [3.8, 4) is 0 Å². The molecule has 4 atom stereocenters. The topological polar surface area (TPSA) is 15.3 Å². The third-order valence-corrected chi connectivity index (χ3v) is 5.50. The molecule has 0 amide bonds. The fraction of sp³-hybridized carbons (Fsp3) is 1.00. The summed E-state index contributed by atoms with van der Waals surface area (Å²) in [5.41, 5.74) is 0. The summed E-state index contributed by atoms with van der Waals surface area (Å²) in [4.78, 5) is 2.80. The Balaban J connectivity index is 1.77. The molecule has 2 aliphatic rings. The highest BCUT2D eigenvalue weighted by Gasteiger charge is 2.31. The van der Waals surface area contributed by atoms with E-state index in [2.05, 4.69) is 31.0 Å². The van der Waals surface area contributed by atoms with Gasteiger partial charge in [0.1, 0.15) is 0 Å². The maximum Gasteiger partial charge on any atom is 0.00960 e. The molecule has 2 nitrogen and oxygen atoms in total. The standard InChI is InChI=1S/C17H34N2/c1-4-12-18-17-8-6-7-15(17)11-13-19-14(3)9-10-16(19)5-2/h14-18H,4-13H2,1-3H3. The molecule has 1 heterocycles. The highest BCUT2D eigenvalue weighted by atomic mass is 15.2. The summed E-state index contributed by atoms with van der Waals surface area (Å²) in [5, 5.41) is 3.77. The lowest BCUT2D eigenvalue weighted by molar-refractivity contribution is 0.179. The Morgan fingerprint density at radius 1 is 1.11 bits per heavy atom. The van der Waals surface area contributed by atoms with Crippen LogP contribution in [0.3, 0.4) is 0 Å². The van der Waals surface area contributed by atoms with E-state index >= 15 is 0 Å². The number of hydrogen-bond acceptors (Lipinski definition) is 2. The van der Waals surface area contributed by atoms with Crippen LogP contribution in [0.25, 0.3) is 0 Å². The second-order valence-corrected chi connectivity index (χ2v) is 6.77. The van der Waals surface area contributed by atoms with Gasteiger partial charge < -0.3 is 5.32 Å². The highest BCUT2D eigenvalue weighted by Crippen LogP contribution is 2.31. The van der Waals surface area contributed by atoms with Gasteiger partial charge in [-0.2, -0.15) is 0 Å². The Labute approximate surface area is 120 Å². The molecule has 19 heavy (non-hydrogen) atoms. The van der Waals surface area contributed by atoms with Crippen molar-refractivity contribution in [1.82, 2.24) is 10.2 Å². The Morgan fingerprint density at radius 3 is 2.68 bits per heavy atom. The van der Waals surface area contributed by atoms with Crippen LogP contribution < -0.4 is 5.32 Å². The van der Waals surface area contributed by atoms with Crippen molar-refractivity contribution in [2.24, 2.45) is 5.92 Å². The summed E-state index contributed by atoms with van der Waals surface area (Å²) in [6.07, 6.45) is 11.2. The minimum absolute atomic E-state index is 0.818. The molecule has 0 bridgehead atoms. The first-order valence-electron chi connectivity index (χ1n) is 8.75. The zero-order valence-electron chi connectivity index (χ0n) is 13.3. The monoisotopic (exact) mass is 266 g/mol. The van der Waals surface area contributed by atoms with Crippen molar-refractivity contribution in [3.05, 3.63) is 0 Å². The maximum absolute atomic E-state index is 3.77. The third-order valence-electron chi connectivity index (χ3n) is 5.50. The van der Waals surface area contributed by atoms with Crippen molar-refractivity contribution in [3.63, 3.8) is 0 Å². The number of likely N-dealkylation sites (tertiary alicyclic amines) is 1. The lowest BCUT2D eigenvalue weighted by Gasteiger charge is -2.30. The fourth-order valence-electron chi connectivity index (χ4n) is 4.26. The van der Waals surface area contributed by atoms with E-state index in [0.29, 0.717) is 0 Å². The maximum atomic E-state index is 3.77. The number of rotatable bonds is 7. The molecule has 0 spiro atoms. The van der Waals surface area contributed by atoms with Crippen LogP contribution in [0.4, 0.5) is 0 Å². The van der Waals surface area contributed by atoms with Gasteiger partial charge in [-0.05, 0) is 70.9 Å². The van der Waals surface area contributed by atoms with Crippen LogP contribution in [0.2, 0.25) is 0 Å². The van der Waals surface area contributed by atoms with Crippen LogP contribution in [0.15, 0.2) is 0 Å². The average Bonchev–Trinajstić information content (AvgIpc) is 3.00. The predicted molar refractivity (Wildman–Crippen MR) is 83.5 cm³/mol. The molecule has 2 heteroatoms. The molecule has 2 fully saturated rings. The summed E-state index contributed by atoms with van der Waals surface area (Å²) >= 11 is 0. The molecule has 1 aliphatic heterocycles. The quantitative estimate of drug-likeness (QED) is 0.754. The molecule has 112 valence electrons. The molecule has 4 unspecified atom stereocenters. The average molecular weight is 266 g/mol. The van der Waals surface area contributed by atoms with Crippen molar-refractivity contribution >= 4 is 0 Å². The molecule has 0 aromatic carbocycles. The smallest absolute Gasteiger partial charge is 0.00960 e. The minimum atomic E-state index is 0.818. The second kappa shape index (κ2) is 7.64. The van der Waals surface area contributed by atoms with Crippen LogP contribution in [-0.2, 0) is 0 Å². The van der Waals surface area contributed by atoms with Crippen LogP contribution in [0, 0.1) is 5.92 Å². The largest absolute Gasteiger partial charge is 0.314 e. The minimum Gasteiger partial charge on any atom is -0.314 e. The van der Waals surface area contributed by atoms with E-state index in [9.17, 15) is 0 Å². The zero-order chi connectivity index (χ0) is 13.7. The summed E-state index contributed by atoms with van der Waals surface area (Å²) < 4.78 is 0. The zero-order valence-corrected chi connectivity index (χ0v) is 13.3. The summed E-state index contributed by atoms with van der Waals surface area (Å²) in [6, 6.07) is 2.52. The van der Waals surface area contributed by atoms with Crippen molar-refractivity contribution in [2.75, 3.05) is 13.1 Å². The molecule has 1 saturated carbocycles. The molecule has 0 radical (unpaired) electrons. The van der Waals surface area contributed by atoms with E-state index < -0.39 is 0 Å². The van der Waals surface area contributed by atoms with Crippen LogP contribution >= 0.6 is 0 Å². The molecule has 1 aliphatic carbocycles. The Morgan fingerprint density at radius 2 is 1.95 bits per heavy atom. The van der Waals surface area contributed by atoms with E-state index in [1.165, 1.54) is 64.5 Å². The van der Waals surface area contributed by atoms with Crippen molar-refractivity contribution < 1.29 is 0 Å². The van der Waals surface area contributed by atoms with Gasteiger partial charge in [0.2, 0.25) is 0 Å². The fourth-order valence-corrected chi connectivity index (χ4v) is 4.26. The predicted octanol–water partition coefficient (Wildman–Crippen LogP) is 3.81. The first-order chi connectivity index (χ1) is 9.26. The van der Waals surface area contributed by atoms with Gasteiger partial charge in [0, 0.05) is 18.1 Å². The summed E-state index contributed by atoms with van der Waals surface area (Å²) in [6.45, 7) is 9.61. The van der Waals surface area contributed by atoms with E-state index in [1.54, 1.807) is 0 Å². The molecule has 2 rings (SSSR count). The first-order valence-corrected chi connectivity index (χ1v) is 8.75. The van der Waals surface area contributed by atoms with Gasteiger partial charge in [0.25, 0.3) is 0 Å². The van der Waals surface area contributed by atoms with E-state index in [-0.39, 0.29) is 0 Å². The molecular weight excluding hydrogens is 232 g/mol. The first kappa shape index (κ1) is 15.3. The van der Waals surface area contributed by atoms with E-state index in [0.717, 1.165) is 24.0 Å². The van der Waals surface area contributed by atoms with Crippen molar-refractivity contribution in [2.45, 2.75) is 90.3 Å². The van der Waals surface area contributed by atoms with E-state index in [4.69, 9.17) is 0 Å². The Hall–Kier alpha value is -0.0800. The highest BCUT2D eigenvalue weighted by molar-refractivity contribution is 4.88. The van der Waals surface area contributed by atoms with Crippen molar-refractivity contribution in [1.29, 1.82) is 0 Å². The third kappa shape index (κ3) is 3.95. The molecule has 0 aromatic heterocycles. The SMILES string of the molecule is CCCNC1CCCC1CCN1C(C)CCC1CC. The van der Waals surface area contributed by atoms with Gasteiger partial charge >= 0.3 is 0 Å². The molecule has 0 aromatic rings. The summed E-state index contributed by atoms with van der Waals surface area (Å²) in [5.74, 6) is 0.942. The van der Waals surface area contributed by atoms with Gasteiger partial charge in [0.05, 0.1) is 0 Å². The Bertz CT molecular complexity index is 254. The molecule has 1 saturated heterocycles. The molecule has 1 N–H and O–H groups in total. The molecular formula is C17H34N2. The summed E-state index contributed by atoms with van der Waals surface area (Å²) in [7, 11) is 0. The van der Waals surface area contributed by atoms with E-state index in [1.807, 2.05) is 0 Å². The Kier molecular flexibility index (Phi) is 6.15. The van der Waals surface area contributed by atoms with Crippen LogP contribution in [-0.4, -0.2) is 36.1 Å². The van der Waals surface area contributed by atoms with Gasteiger partial charge in [0.15, 0.2) is 0 Å². The van der Waals surface area contributed by atoms with Gasteiger partial charge in [-0.25, -0.2) is 0 Å². The van der Waals surface area contributed by atoms with Crippen LogP contribution in [0.5, 0.6) is 0 Å². The number of nitrogens with zero attached hydrogens (tertiary/aromatic N) is 1. The van der Waals surface area contributed by atoms with Gasteiger partial charge in [-0.15, -0.1) is 0 Å². The van der Waals surface area contributed by atoms with Gasteiger partial charge in [-0.1, -0.05) is 20.3 Å².